The number of anilines is 1. The fraction of sp³-hybridized carbons (Fsp3) is 0.160. The van der Waals surface area contributed by atoms with Crippen LogP contribution in [0.4, 0.5) is 5.69 Å². The van der Waals surface area contributed by atoms with E-state index in [1.165, 1.54) is 25.2 Å². The smallest absolute Gasteiger partial charge is 0.300 e. The third-order valence-electron chi connectivity index (χ3n) is 5.61. The molecular weight excluding hydrogens is 479 g/mol. The highest BCUT2D eigenvalue weighted by molar-refractivity contribution is 6.52. The van der Waals surface area contributed by atoms with Crippen LogP contribution in [-0.4, -0.2) is 36.0 Å². The number of hydrogen-bond acceptors (Lipinski definition) is 6. The van der Waals surface area contributed by atoms with E-state index in [-0.39, 0.29) is 32.7 Å². The molecule has 7 nitrogen and oxygen atoms in total. The van der Waals surface area contributed by atoms with Crippen molar-refractivity contribution < 1.29 is 24.2 Å². The molecule has 4 rings (SSSR count). The van der Waals surface area contributed by atoms with Crippen molar-refractivity contribution in [1.82, 2.24) is 4.98 Å². The Morgan fingerprint density at radius 3 is 2.38 bits per heavy atom. The molecule has 0 saturated carbocycles. The van der Waals surface area contributed by atoms with Crippen LogP contribution in [0.15, 0.2) is 60.4 Å². The third kappa shape index (κ3) is 3.77. The highest BCUT2D eigenvalue weighted by atomic mass is 35.5. The molecule has 1 fully saturated rings. The maximum atomic E-state index is 13.3. The summed E-state index contributed by atoms with van der Waals surface area (Å²) >= 11 is 12.7. The summed E-state index contributed by atoms with van der Waals surface area (Å²) in [6.45, 7) is 1.83. The Hall–Kier alpha value is -3.55. The van der Waals surface area contributed by atoms with Gasteiger partial charge in [-0.25, -0.2) is 0 Å². The summed E-state index contributed by atoms with van der Waals surface area (Å²) in [6, 6.07) is 11.0. The second kappa shape index (κ2) is 9.37. The summed E-state index contributed by atoms with van der Waals surface area (Å²) in [4.78, 5) is 32.1. The van der Waals surface area contributed by atoms with Crippen LogP contribution in [0.1, 0.15) is 22.7 Å². The van der Waals surface area contributed by atoms with Gasteiger partial charge in [-0.05, 0) is 36.2 Å². The van der Waals surface area contributed by atoms with Crippen molar-refractivity contribution in [3.05, 3.63) is 87.2 Å². The van der Waals surface area contributed by atoms with Gasteiger partial charge in [0.25, 0.3) is 11.7 Å². The van der Waals surface area contributed by atoms with E-state index >= 15 is 0 Å². The fourth-order valence-corrected chi connectivity index (χ4v) is 4.75. The number of carbonyl (C=O) groups excluding carboxylic acids is 2. The van der Waals surface area contributed by atoms with Gasteiger partial charge in [0.15, 0.2) is 11.5 Å². The summed E-state index contributed by atoms with van der Waals surface area (Å²) < 4.78 is 10.6. The SMILES string of the molecule is COc1c(Cl)cc(/C(O)=C2\C(=O)C(=O)N(c3ccccc3C)C2c2cccnc2)c(OC)c1Cl. The first-order valence-corrected chi connectivity index (χ1v) is 10.9. The first-order chi connectivity index (χ1) is 16.3. The highest BCUT2D eigenvalue weighted by Gasteiger charge is 2.47. The number of aromatic nitrogens is 1. The minimum absolute atomic E-state index is 0.0186. The largest absolute Gasteiger partial charge is 0.507 e. The molecule has 0 spiro atoms. The predicted molar refractivity (Wildman–Crippen MR) is 130 cm³/mol. The Balaban J connectivity index is 2.03. The summed E-state index contributed by atoms with van der Waals surface area (Å²) in [5.41, 5.74) is 1.77. The van der Waals surface area contributed by atoms with E-state index in [2.05, 4.69) is 4.98 Å². The molecule has 0 radical (unpaired) electrons. The van der Waals surface area contributed by atoms with E-state index in [1.807, 2.05) is 19.1 Å². The van der Waals surface area contributed by atoms with Crippen LogP contribution in [0.2, 0.25) is 10.0 Å². The zero-order chi connectivity index (χ0) is 24.6. The van der Waals surface area contributed by atoms with Crippen LogP contribution in [-0.2, 0) is 9.59 Å². The minimum atomic E-state index is -0.945. The first kappa shape index (κ1) is 23.6. The number of rotatable bonds is 5. The Kier molecular flexibility index (Phi) is 6.50. The number of methoxy groups -OCH3 is 2. The molecule has 1 N–H and O–H groups in total. The van der Waals surface area contributed by atoms with Gasteiger partial charge in [-0.3, -0.25) is 19.5 Å². The van der Waals surface area contributed by atoms with Crippen molar-refractivity contribution in [3.8, 4) is 11.5 Å². The van der Waals surface area contributed by atoms with E-state index in [0.29, 0.717) is 11.3 Å². The van der Waals surface area contributed by atoms with Gasteiger partial charge in [0.2, 0.25) is 0 Å². The molecule has 1 atom stereocenters. The lowest BCUT2D eigenvalue weighted by molar-refractivity contribution is -0.132. The predicted octanol–water partition coefficient (Wildman–Crippen LogP) is 5.34. The first-order valence-electron chi connectivity index (χ1n) is 10.2. The lowest BCUT2D eigenvalue weighted by Gasteiger charge is -2.26. The standard InChI is InChI=1S/C25H20Cl2N2O5/c1-13-7-4-5-9-17(13)29-20(14-8-6-10-28-12-14)18(22(31)25(29)32)21(30)15-11-16(26)24(34-3)19(27)23(15)33-2/h4-12,20,30H,1-3H3/b21-18+. The highest BCUT2D eigenvalue weighted by Crippen LogP contribution is 2.48. The number of aryl methyl sites for hydroxylation is 1. The van der Waals surface area contributed by atoms with Crippen LogP contribution < -0.4 is 14.4 Å². The molecule has 9 heteroatoms. The van der Waals surface area contributed by atoms with Gasteiger partial charge >= 0.3 is 0 Å². The third-order valence-corrected chi connectivity index (χ3v) is 6.24. The van der Waals surface area contributed by atoms with Gasteiger partial charge in [-0.2, -0.15) is 0 Å². The van der Waals surface area contributed by atoms with Crippen molar-refractivity contribution in [2.45, 2.75) is 13.0 Å². The summed E-state index contributed by atoms with van der Waals surface area (Å²) in [7, 11) is 2.75. The van der Waals surface area contributed by atoms with Crippen LogP contribution in [0, 0.1) is 6.92 Å². The number of aliphatic hydroxyl groups excluding tert-OH is 1. The van der Waals surface area contributed by atoms with Crippen molar-refractivity contribution in [1.29, 1.82) is 0 Å². The molecular formula is C25H20Cl2N2O5. The lowest BCUT2D eigenvalue weighted by atomic mass is 9.95. The minimum Gasteiger partial charge on any atom is -0.507 e. The number of benzene rings is 2. The fourth-order valence-electron chi connectivity index (χ4n) is 4.06. The number of para-hydroxylation sites is 1. The molecule has 1 aromatic heterocycles. The Labute approximate surface area is 206 Å². The number of hydrogen-bond donors (Lipinski definition) is 1. The summed E-state index contributed by atoms with van der Waals surface area (Å²) in [5, 5.41) is 11.5. The van der Waals surface area contributed by atoms with Gasteiger partial charge < -0.3 is 14.6 Å². The number of ether oxygens (including phenoxy) is 2. The zero-order valence-corrected chi connectivity index (χ0v) is 20.0. The van der Waals surface area contributed by atoms with Crippen LogP contribution in [0.3, 0.4) is 0 Å². The molecule has 34 heavy (non-hydrogen) atoms. The Morgan fingerprint density at radius 1 is 1.06 bits per heavy atom. The number of Topliss-reactive ketones (excluding diaryl/α,β-unsaturated/α-hetero) is 1. The lowest BCUT2D eigenvalue weighted by Crippen LogP contribution is -2.30. The molecule has 1 aliphatic heterocycles. The van der Waals surface area contributed by atoms with Crippen molar-refractivity contribution in [2.75, 3.05) is 19.1 Å². The van der Waals surface area contributed by atoms with E-state index < -0.39 is 23.5 Å². The molecule has 1 aliphatic rings. The van der Waals surface area contributed by atoms with E-state index in [9.17, 15) is 14.7 Å². The average molecular weight is 499 g/mol. The maximum absolute atomic E-state index is 13.3. The number of nitrogens with zero attached hydrogens (tertiary/aromatic N) is 2. The van der Waals surface area contributed by atoms with Crippen LogP contribution >= 0.6 is 23.2 Å². The normalized spacial score (nSPS) is 17.2. The summed E-state index contributed by atoms with van der Waals surface area (Å²) in [6.07, 6.45) is 3.12. The van der Waals surface area contributed by atoms with E-state index in [0.717, 1.165) is 5.56 Å². The molecule has 2 heterocycles. The molecule has 174 valence electrons. The van der Waals surface area contributed by atoms with E-state index in [4.69, 9.17) is 32.7 Å². The molecule has 0 bridgehead atoms. The molecule has 1 saturated heterocycles. The van der Waals surface area contributed by atoms with E-state index in [1.54, 1.807) is 36.7 Å². The second-order valence-corrected chi connectivity index (χ2v) is 8.31. The topological polar surface area (TPSA) is 89.0 Å². The molecule has 0 aliphatic carbocycles. The van der Waals surface area contributed by atoms with Gasteiger partial charge in [0.1, 0.15) is 10.8 Å². The van der Waals surface area contributed by atoms with Gasteiger partial charge in [0.05, 0.1) is 36.4 Å². The van der Waals surface area contributed by atoms with Gasteiger partial charge in [0, 0.05) is 18.1 Å². The number of pyridine rings is 1. The van der Waals surface area contributed by atoms with Crippen LogP contribution in [0.5, 0.6) is 11.5 Å². The number of halogens is 2. The van der Waals surface area contributed by atoms with Gasteiger partial charge in [-0.1, -0.05) is 47.5 Å². The Bertz CT molecular complexity index is 1320. The van der Waals surface area contributed by atoms with Crippen LogP contribution in [0.25, 0.3) is 5.76 Å². The molecule has 3 aromatic rings. The number of amides is 1. The van der Waals surface area contributed by atoms with Crippen molar-refractivity contribution in [2.24, 2.45) is 0 Å². The monoisotopic (exact) mass is 498 g/mol. The molecule has 1 amide bonds. The average Bonchev–Trinajstić information content (AvgIpc) is 3.10. The summed E-state index contributed by atoms with van der Waals surface area (Å²) in [5.74, 6) is -1.92. The Morgan fingerprint density at radius 2 is 1.76 bits per heavy atom. The van der Waals surface area contributed by atoms with Gasteiger partial charge in [-0.15, -0.1) is 0 Å². The van der Waals surface area contributed by atoms with Crippen molar-refractivity contribution in [3.63, 3.8) is 0 Å². The number of aliphatic hydroxyl groups is 1. The molecule has 2 aromatic carbocycles. The number of ketones is 1. The second-order valence-electron chi connectivity index (χ2n) is 7.53. The quantitative estimate of drug-likeness (QED) is 0.290. The maximum Gasteiger partial charge on any atom is 0.300 e. The van der Waals surface area contributed by atoms with Crippen molar-refractivity contribution >= 4 is 46.3 Å². The number of carbonyl (C=O) groups is 2. The zero-order valence-electron chi connectivity index (χ0n) is 18.5. The molecule has 1 unspecified atom stereocenters.